The molecule has 0 fully saturated rings. The van der Waals surface area contributed by atoms with E-state index in [4.69, 9.17) is 4.74 Å². The molecule has 2 aromatic rings. The van der Waals surface area contributed by atoms with Crippen LogP contribution in [0.5, 0.6) is 0 Å². The average molecular weight is 348 g/mol. The molecule has 2 rings (SSSR count). The van der Waals surface area contributed by atoms with Gasteiger partial charge in [-0.15, -0.1) is 5.10 Å². The molecule has 0 bridgehead atoms. The van der Waals surface area contributed by atoms with Gasteiger partial charge in [-0.2, -0.15) is 4.98 Å². The molecule has 0 saturated carbocycles. The van der Waals surface area contributed by atoms with Crippen LogP contribution < -0.4 is 10.6 Å². The molecule has 2 N–H and O–H groups in total. The number of aryl methyl sites for hydroxylation is 2. The molecular weight excluding hydrogens is 328 g/mol. The zero-order valence-electron chi connectivity index (χ0n) is 14.7. The maximum Gasteiger partial charge on any atom is 0.378 e. The van der Waals surface area contributed by atoms with Crippen LogP contribution in [-0.2, 0) is 9.53 Å². The third-order valence-electron chi connectivity index (χ3n) is 2.88. The zero-order valence-corrected chi connectivity index (χ0v) is 14.7. The molecule has 0 aromatic carbocycles. The number of rotatable bonds is 3. The number of ether oxygens (including phenoxy) is 1. The number of carbonyl (C=O) groups is 3. The molecule has 0 unspecified atom stereocenters. The lowest BCUT2D eigenvalue weighted by Crippen LogP contribution is -2.49. The standard InChI is InChI=1S/C15H20N6O4/c1-8-6-9(2)21-13(16-8)18-11(20-21)12(23)25-7-10(22)17-14(24)19-15(3,4)5/h6H,7H2,1-5H3,(H2,17,19,22,24). The summed E-state index contributed by atoms with van der Waals surface area (Å²) in [4.78, 5) is 43.3. The number of esters is 1. The highest BCUT2D eigenvalue weighted by molar-refractivity contribution is 5.96. The Hall–Kier alpha value is -3.04. The molecule has 0 aliphatic rings. The van der Waals surface area contributed by atoms with Gasteiger partial charge in [-0.1, -0.05) is 0 Å². The first-order chi connectivity index (χ1) is 11.5. The average Bonchev–Trinajstić information content (AvgIpc) is 2.86. The zero-order chi connectivity index (χ0) is 18.8. The molecule has 3 amide bonds. The van der Waals surface area contributed by atoms with E-state index in [0.29, 0.717) is 0 Å². The summed E-state index contributed by atoms with van der Waals surface area (Å²) in [7, 11) is 0. The summed E-state index contributed by atoms with van der Waals surface area (Å²) >= 11 is 0. The fourth-order valence-corrected chi connectivity index (χ4v) is 1.98. The highest BCUT2D eigenvalue weighted by Crippen LogP contribution is 2.06. The number of nitrogens with zero attached hydrogens (tertiary/aromatic N) is 4. The van der Waals surface area contributed by atoms with Crippen molar-refractivity contribution in [3.8, 4) is 0 Å². The Kier molecular flexibility index (Phi) is 5.00. The number of hydrogen-bond donors (Lipinski definition) is 2. The van der Waals surface area contributed by atoms with Crippen molar-refractivity contribution >= 4 is 23.7 Å². The monoisotopic (exact) mass is 348 g/mol. The largest absolute Gasteiger partial charge is 0.450 e. The van der Waals surface area contributed by atoms with Crippen LogP contribution in [0.4, 0.5) is 4.79 Å². The van der Waals surface area contributed by atoms with E-state index in [1.165, 1.54) is 4.52 Å². The number of imide groups is 1. The molecule has 0 aliphatic carbocycles. The highest BCUT2D eigenvalue weighted by Gasteiger charge is 2.19. The molecule has 0 atom stereocenters. The number of fused-ring (bicyclic) bond motifs is 1. The molecule has 10 heteroatoms. The Bertz CT molecular complexity index is 836. The molecule has 0 radical (unpaired) electrons. The van der Waals surface area contributed by atoms with Crippen molar-refractivity contribution in [1.82, 2.24) is 30.2 Å². The normalized spacial score (nSPS) is 11.2. The Morgan fingerprint density at radius 2 is 1.88 bits per heavy atom. The number of amides is 3. The molecule has 0 aliphatic heterocycles. The Morgan fingerprint density at radius 1 is 1.20 bits per heavy atom. The second-order valence-corrected chi connectivity index (χ2v) is 6.51. The molecule has 134 valence electrons. The maximum atomic E-state index is 12.0. The van der Waals surface area contributed by atoms with Gasteiger partial charge in [-0.25, -0.2) is 19.1 Å². The number of aromatic nitrogens is 4. The molecule has 10 nitrogen and oxygen atoms in total. The summed E-state index contributed by atoms with van der Waals surface area (Å²) in [6.07, 6.45) is 0. The summed E-state index contributed by atoms with van der Waals surface area (Å²) in [6.45, 7) is 8.27. The van der Waals surface area contributed by atoms with Gasteiger partial charge in [0.15, 0.2) is 6.61 Å². The van der Waals surface area contributed by atoms with Crippen LogP contribution in [0.25, 0.3) is 5.78 Å². The Labute approximate surface area is 144 Å². The smallest absolute Gasteiger partial charge is 0.378 e. The van der Waals surface area contributed by atoms with Gasteiger partial charge in [0.1, 0.15) is 0 Å². The van der Waals surface area contributed by atoms with E-state index in [-0.39, 0.29) is 11.6 Å². The lowest BCUT2D eigenvalue weighted by Gasteiger charge is -2.20. The van der Waals surface area contributed by atoms with E-state index in [0.717, 1.165) is 11.4 Å². The van der Waals surface area contributed by atoms with Crippen LogP contribution in [0, 0.1) is 13.8 Å². The van der Waals surface area contributed by atoms with Gasteiger partial charge in [0.05, 0.1) is 0 Å². The van der Waals surface area contributed by atoms with E-state index in [1.807, 2.05) is 0 Å². The predicted octanol–water partition coefficient (Wildman–Crippen LogP) is 0.522. The lowest BCUT2D eigenvalue weighted by molar-refractivity contribution is -0.123. The van der Waals surface area contributed by atoms with Crippen molar-refractivity contribution in [1.29, 1.82) is 0 Å². The fraction of sp³-hybridized carbons (Fsp3) is 0.467. The SMILES string of the molecule is Cc1cc(C)n2nc(C(=O)OCC(=O)NC(=O)NC(C)(C)C)nc2n1. The summed E-state index contributed by atoms with van der Waals surface area (Å²) in [5.41, 5.74) is 0.997. The van der Waals surface area contributed by atoms with Crippen molar-refractivity contribution in [3.05, 3.63) is 23.3 Å². The van der Waals surface area contributed by atoms with Crippen molar-refractivity contribution < 1.29 is 19.1 Å². The van der Waals surface area contributed by atoms with Crippen LogP contribution in [0.3, 0.4) is 0 Å². The minimum absolute atomic E-state index is 0.215. The number of hydrogen-bond acceptors (Lipinski definition) is 7. The molecule has 0 saturated heterocycles. The summed E-state index contributed by atoms with van der Waals surface area (Å²) in [6, 6.07) is 1.12. The first-order valence-corrected chi connectivity index (χ1v) is 7.55. The van der Waals surface area contributed by atoms with Gasteiger partial charge in [0.2, 0.25) is 0 Å². The fourth-order valence-electron chi connectivity index (χ4n) is 1.98. The van der Waals surface area contributed by atoms with Gasteiger partial charge >= 0.3 is 12.0 Å². The van der Waals surface area contributed by atoms with E-state index in [2.05, 4.69) is 25.7 Å². The van der Waals surface area contributed by atoms with Crippen molar-refractivity contribution in [3.63, 3.8) is 0 Å². The summed E-state index contributed by atoms with van der Waals surface area (Å²) in [5.74, 6) is -1.59. The third-order valence-corrected chi connectivity index (χ3v) is 2.88. The topological polar surface area (TPSA) is 128 Å². The lowest BCUT2D eigenvalue weighted by atomic mass is 10.1. The minimum Gasteiger partial charge on any atom is -0.450 e. The van der Waals surface area contributed by atoms with Crippen LogP contribution in [0.15, 0.2) is 6.07 Å². The van der Waals surface area contributed by atoms with Crippen LogP contribution >= 0.6 is 0 Å². The van der Waals surface area contributed by atoms with E-state index in [1.54, 1.807) is 40.7 Å². The van der Waals surface area contributed by atoms with Gasteiger partial charge in [0, 0.05) is 16.9 Å². The third kappa shape index (κ3) is 4.96. The molecule has 0 spiro atoms. The van der Waals surface area contributed by atoms with Gasteiger partial charge in [-0.3, -0.25) is 10.1 Å². The summed E-state index contributed by atoms with van der Waals surface area (Å²) in [5, 5.41) is 8.61. The Balaban J connectivity index is 1.95. The second kappa shape index (κ2) is 6.83. The van der Waals surface area contributed by atoms with Crippen LogP contribution in [0.2, 0.25) is 0 Å². The maximum absolute atomic E-state index is 12.0. The molecule has 25 heavy (non-hydrogen) atoms. The minimum atomic E-state index is -0.881. The van der Waals surface area contributed by atoms with E-state index < -0.39 is 30.1 Å². The first kappa shape index (κ1) is 18.3. The number of urea groups is 1. The van der Waals surface area contributed by atoms with Gasteiger partial charge in [0.25, 0.3) is 17.5 Å². The van der Waals surface area contributed by atoms with Gasteiger partial charge in [-0.05, 0) is 40.7 Å². The van der Waals surface area contributed by atoms with Crippen LogP contribution in [0.1, 0.15) is 42.8 Å². The second-order valence-electron chi connectivity index (χ2n) is 6.51. The molecule has 2 aromatic heterocycles. The van der Waals surface area contributed by atoms with Crippen LogP contribution in [-0.4, -0.2) is 49.6 Å². The summed E-state index contributed by atoms with van der Waals surface area (Å²) < 4.78 is 6.23. The van der Waals surface area contributed by atoms with Crippen molar-refractivity contribution in [2.75, 3.05) is 6.61 Å². The predicted molar refractivity (Wildman–Crippen MR) is 87.0 cm³/mol. The Morgan fingerprint density at radius 3 is 2.52 bits per heavy atom. The van der Waals surface area contributed by atoms with E-state index >= 15 is 0 Å². The van der Waals surface area contributed by atoms with Gasteiger partial charge < -0.3 is 10.1 Å². The molecule has 2 heterocycles. The first-order valence-electron chi connectivity index (χ1n) is 7.55. The molecular formula is C15H20N6O4. The number of carbonyl (C=O) groups excluding carboxylic acids is 3. The quantitative estimate of drug-likeness (QED) is 0.774. The highest BCUT2D eigenvalue weighted by atomic mass is 16.5. The van der Waals surface area contributed by atoms with Crippen molar-refractivity contribution in [2.24, 2.45) is 0 Å². The van der Waals surface area contributed by atoms with E-state index in [9.17, 15) is 14.4 Å². The number of nitrogens with one attached hydrogen (secondary N) is 2. The van der Waals surface area contributed by atoms with Crippen molar-refractivity contribution in [2.45, 2.75) is 40.2 Å².